The molecule has 0 spiro atoms. The van der Waals surface area contributed by atoms with Crippen LogP contribution in [0.4, 0.5) is 4.39 Å². The second-order valence-electron chi connectivity index (χ2n) is 3.82. The molecular formula is C10H13BrFNO. The van der Waals surface area contributed by atoms with E-state index in [0.717, 1.165) is 5.56 Å². The highest BCUT2D eigenvalue weighted by molar-refractivity contribution is 9.10. The van der Waals surface area contributed by atoms with Crippen LogP contribution in [-0.4, -0.2) is 6.61 Å². The molecule has 0 unspecified atom stereocenters. The van der Waals surface area contributed by atoms with Crippen molar-refractivity contribution in [3.8, 4) is 0 Å². The van der Waals surface area contributed by atoms with E-state index in [2.05, 4.69) is 20.8 Å². The van der Waals surface area contributed by atoms with Crippen molar-refractivity contribution in [2.75, 3.05) is 6.61 Å². The lowest BCUT2D eigenvalue weighted by atomic mass is 9.86. The first-order valence-electron chi connectivity index (χ1n) is 4.24. The molecule has 0 aromatic heterocycles. The molecule has 14 heavy (non-hydrogen) atoms. The van der Waals surface area contributed by atoms with E-state index in [1.165, 1.54) is 6.07 Å². The zero-order chi connectivity index (χ0) is 10.8. The van der Waals surface area contributed by atoms with Gasteiger partial charge in [0, 0.05) is 5.41 Å². The average Bonchev–Trinajstić information content (AvgIpc) is 2.09. The van der Waals surface area contributed by atoms with Gasteiger partial charge < -0.3 is 4.84 Å². The summed E-state index contributed by atoms with van der Waals surface area (Å²) >= 11 is 3.14. The van der Waals surface area contributed by atoms with Crippen LogP contribution in [0.15, 0.2) is 22.7 Å². The minimum atomic E-state index is -0.266. The van der Waals surface area contributed by atoms with Crippen LogP contribution in [0.3, 0.4) is 0 Å². The smallest absolute Gasteiger partial charge is 0.137 e. The van der Waals surface area contributed by atoms with Gasteiger partial charge in [0.2, 0.25) is 0 Å². The standard InChI is InChI=1S/C10H13BrFNO/c1-10(2,6-14-13)7-3-4-9(12)8(11)5-7/h3-5H,6,13H2,1-2H3. The lowest BCUT2D eigenvalue weighted by Gasteiger charge is -2.23. The van der Waals surface area contributed by atoms with Crippen molar-refractivity contribution in [1.29, 1.82) is 0 Å². The predicted octanol–water partition coefficient (Wildman–Crippen LogP) is 2.76. The monoisotopic (exact) mass is 261 g/mol. The van der Waals surface area contributed by atoms with Crippen molar-refractivity contribution < 1.29 is 9.23 Å². The third-order valence-corrected chi connectivity index (χ3v) is 2.75. The molecule has 0 heterocycles. The largest absolute Gasteiger partial charge is 0.304 e. The SMILES string of the molecule is CC(C)(CON)c1ccc(F)c(Br)c1. The van der Waals surface area contributed by atoms with Crippen molar-refractivity contribution in [2.24, 2.45) is 5.90 Å². The normalized spacial score (nSPS) is 11.8. The summed E-state index contributed by atoms with van der Waals surface area (Å²) in [4.78, 5) is 4.62. The fraction of sp³-hybridized carbons (Fsp3) is 0.400. The Balaban J connectivity index is 3.01. The van der Waals surface area contributed by atoms with Gasteiger partial charge in [0.05, 0.1) is 11.1 Å². The molecule has 2 N–H and O–H groups in total. The van der Waals surface area contributed by atoms with Crippen LogP contribution >= 0.6 is 15.9 Å². The van der Waals surface area contributed by atoms with E-state index in [9.17, 15) is 4.39 Å². The lowest BCUT2D eigenvalue weighted by Crippen LogP contribution is -2.26. The number of hydrogen-bond acceptors (Lipinski definition) is 2. The lowest BCUT2D eigenvalue weighted by molar-refractivity contribution is 0.0964. The van der Waals surface area contributed by atoms with Gasteiger partial charge >= 0.3 is 0 Å². The highest BCUT2D eigenvalue weighted by Gasteiger charge is 2.21. The van der Waals surface area contributed by atoms with Crippen molar-refractivity contribution in [3.63, 3.8) is 0 Å². The average molecular weight is 262 g/mol. The molecule has 0 aliphatic heterocycles. The fourth-order valence-corrected chi connectivity index (χ4v) is 1.59. The van der Waals surface area contributed by atoms with E-state index in [1.807, 2.05) is 13.8 Å². The fourth-order valence-electron chi connectivity index (χ4n) is 1.21. The van der Waals surface area contributed by atoms with Gasteiger partial charge in [-0.05, 0) is 33.6 Å². The zero-order valence-electron chi connectivity index (χ0n) is 8.18. The molecule has 78 valence electrons. The summed E-state index contributed by atoms with van der Waals surface area (Å²) in [6.45, 7) is 4.37. The van der Waals surface area contributed by atoms with Gasteiger partial charge in [-0.2, -0.15) is 0 Å². The minimum absolute atomic E-state index is 0.217. The predicted molar refractivity (Wildman–Crippen MR) is 57.3 cm³/mol. The van der Waals surface area contributed by atoms with Gasteiger partial charge in [0.1, 0.15) is 5.82 Å². The van der Waals surface area contributed by atoms with Crippen LogP contribution in [0.5, 0.6) is 0 Å². The van der Waals surface area contributed by atoms with E-state index >= 15 is 0 Å². The Kier molecular flexibility index (Phi) is 3.64. The molecule has 0 fully saturated rings. The van der Waals surface area contributed by atoms with Crippen LogP contribution in [0.1, 0.15) is 19.4 Å². The maximum absolute atomic E-state index is 13.0. The number of benzene rings is 1. The molecule has 0 saturated carbocycles. The van der Waals surface area contributed by atoms with E-state index in [-0.39, 0.29) is 11.2 Å². The van der Waals surface area contributed by atoms with Crippen molar-refractivity contribution in [2.45, 2.75) is 19.3 Å². The summed E-state index contributed by atoms with van der Waals surface area (Å²) in [6, 6.07) is 4.91. The first-order valence-corrected chi connectivity index (χ1v) is 5.04. The van der Waals surface area contributed by atoms with Gasteiger partial charge in [0.15, 0.2) is 0 Å². The first-order chi connectivity index (χ1) is 6.47. The van der Waals surface area contributed by atoms with Crippen LogP contribution in [0, 0.1) is 5.82 Å². The highest BCUT2D eigenvalue weighted by Crippen LogP contribution is 2.27. The number of halogens is 2. The molecule has 4 heteroatoms. The maximum Gasteiger partial charge on any atom is 0.137 e. The Bertz CT molecular complexity index is 328. The summed E-state index contributed by atoms with van der Waals surface area (Å²) in [5, 5.41) is 0. The molecular weight excluding hydrogens is 249 g/mol. The summed E-state index contributed by atoms with van der Waals surface area (Å²) in [7, 11) is 0. The van der Waals surface area contributed by atoms with E-state index in [0.29, 0.717) is 11.1 Å². The van der Waals surface area contributed by atoms with E-state index < -0.39 is 0 Å². The van der Waals surface area contributed by atoms with Gasteiger partial charge in [-0.25, -0.2) is 10.3 Å². The second-order valence-corrected chi connectivity index (χ2v) is 4.68. The Morgan fingerprint density at radius 1 is 1.50 bits per heavy atom. The third-order valence-electron chi connectivity index (χ3n) is 2.15. The maximum atomic E-state index is 13.0. The molecule has 1 rings (SSSR count). The van der Waals surface area contributed by atoms with E-state index in [4.69, 9.17) is 5.90 Å². The number of hydrogen-bond donors (Lipinski definition) is 1. The molecule has 0 amide bonds. The first kappa shape index (κ1) is 11.6. The molecule has 2 nitrogen and oxygen atoms in total. The van der Waals surface area contributed by atoms with Crippen LogP contribution in [0.25, 0.3) is 0 Å². The zero-order valence-corrected chi connectivity index (χ0v) is 9.77. The summed E-state index contributed by atoms with van der Waals surface area (Å²) in [6.07, 6.45) is 0. The van der Waals surface area contributed by atoms with Gasteiger partial charge in [-0.1, -0.05) is 19.9 Å². The van der Waals surface area contributed by atoms with E-state index in [1.54, 1.807) is 12.1 Å². The van der Waals surface area contributed by atoms with Crippen molar-refractivity contribution >= 4 is 15.9 Å². The Labute approximate surface area is 91.3 Å². The molecule has 0 atom stereocenters. The molecule has 0 aliphatic carbocycles. The van der Waals surface area contributed by atoms with Gasteiger partial charge in [-0.3, -0.25) is 0 Å². The molecule has 0 saturated heterocycles. The highest BCUT2D eigenvalue weighted by atomic mass is 79.9. The molecule has 1 aromatic carbocycles. The minimum Gasteiger partial charge on any atom is -0.304 e. The number of rotatable bonds is 3. The van der Waals surface area contributed by atoms with Crippen LogP contribution < -0.4 is 5.90 Å². The van der Waals surface area contributed by atoms with Crippen LogP contribution in [0.2, 0.25) is 0 Å². The summed E-state index contributed by atoms with van der Waals surface area (Å²) in [5.74, 6) is 4.77. The molecule has 0 aliphatic rings. The summed E-state index contributed by atoms with van der Waals surface area (Å²) < 4.78 is 13.4. The van der Waals surface area contributed by atoms with Crippen molar-refractivity contribution in [3.05, 3.63) is 34.1 Å². The third kappa shape index (κ3) is 2.53. The quantitative estimate of drug-likeness (QED) is 0.850. The second kappa shape index (κ2) is 4.38. The Hall–Kier alpha value is -0.450. The van der Waals surface area contributed by atoms with Crippen molar-refractivity contribution in [1.82, 2.24) is 0 Å². The van der Waals surface area contributed by atoms with Crippen LogP contribution in [-0.2, 0) is 10.3 Å². The topological polar surface area (TPSA) is 35.2 Å². The summed E-state index contributed by atoms with van der Waals surface area (Å²) in [5.41, 5.74) is 0.765. The Morgan fingerprint density at radius 2 is 2.14 bits per heavy atom. The number of nitrogens with two attached hydrogens (primary N) is 1. The van der Waals surface area contributed by atoms with Gasteiger partial charge in [-0.15, -0.1) is 0 Å². The molecule has 1 aromatic rings. The molecule has 0 radical (unpaired) electrons. The van der Waals surface area contributed by atoms with Gasteiger partial charge in [0.25, 0.3) is 0 Å². The molecule has 0 bridgehead atoms. The Morgan fingerprint density at radius 3 is 2.64 bits per heavy atom.